The fourth-order valence-corrected chi connectivity index (χ4v) is 2.44. The first-order valence-electron chi connectivity index (χ1n) is 7.45. The highest BCUT2D eigenvalue weighted by atomic mass is 16.6. The van der Waals surface area contributed by atoms with Gasteiger partial charge in [0.25, 0.3) is 0 Å². The Labute approximate surface area is 129 Å². The van der Waals surface area contributed by atoms with E-state index in [0.29, 0.717) is 13.1 Å². The van der Waals surface area contributed by atoms with E-state index in [4.69, 9.17) is 4.74 Å². The molecule has 2 aromatic heterocycles. The first-order chi connectivity index (χ1) is 10.4. The van der Waals surface area contributed by atoms with Crippen LogP contribution in [0.2, 0.25) is 0 Å². The molecule has 1 aliphatic rings. The molecule has 1 aliphatic heterocycles. The molecule has 7 heteroatoms. The summed E-state index contributed by atoms with van der Waals surface area (Å²) >= 11 is 0. The van der Waals surface area contributed by atoms with Crippen LogP contribution in [0.1, 0.15) is 20.8 Å². The summed E-state index contributed by atoms with van der Waals surface area (Å²) in [5.74, 6) is 0. The third-order valence-corrected chi connectivity index (χ3v) is 3.53. The Hall–Kier alpha value is -2.31. The summed E-state index contributed by atoms with van der Waals surface area (Å²) in [6, 6.07) is 1.87. The standard InChI is InChI=1S/C15H21N5O2/c1-15(2,3)22-14(21)19-8-6-18(7-9-19)12-10-16-13-4-5-17-20(13)11-12/h4-5,10-11H,6-9H2,1-3H3. The van der Waals surface area contributed by atoms with E-state index >= 15 is 0 Å². The van der Waals surface area contributed by atoms with Crippen molar-refractivity contribution in [1.29, 1.82) is 0 Å². The minimum Gasteiger partial charge on any atom is -0.444 e. The second-order valence-electron chi connectivity index (χ2n) is 6.40. The molecule has 118 valence electrons. The van der Waals surface area contributed by atoms with E-state index in [1.807, 2.05) is 39.2 Å². The Morgan fingerprint density at radius 2 is 1.95 bits per heavy atom. The van der Waals surface area contributed by atoms with Gasteiger partial charge in [0, 0.05) is 32.2 Å². The summed E-state index contributed by atoms with van der Waals surface area (Å²) in [6.07, 6.45) is 5.30. The van der Waals surface area contributed by atoms with Gasteiger partial charge in [0.2, 0.25) is 0 Å². The highest BCUT2D eigenvalue weighted by Crippen LogP contribution is 2.17. The summed E-state index contributed by atoms with van der Waals surface area (Å²) in [6.45, 7) is 8.45. The van der Waals surface area contributed by atoms with Gasteiger partial charge in [0.05, 0.1) is 24.3 Å². The van der Waals surface area contributed by atoms with Gasteiger partial charge in [-0.1, -0.05) is 0 Å². The number of carbonyl (C=O) groups excluding carboxylic acids is 1. The van der Waals surface area contributed by atoms with Crippen molar-refractivity contribution in [2.45, 2.75) is 26.4 Å². The Morgan fingerprint density at radius 1 is 1.23 bits per heavy atom. The summed E-state index contributed by atoms with van der Waals surface area (Å²) in [7, 11) is 0. The van der Waals surface area contributed by atoms with E-state index in [2.05, 4.69) is 15.0 Å². The van der Waals surface area contributed by atoms with Crippen molar-refractivity contribution in [2.24, 2.45) is 0 Å². The van der Waals surface area contributed by atoms with Crippen molar-refractivity contribution in [2.75, 3.05) is 31.1 Å². The smallest absolute Gasteiger partial charge is 0.410 e. The molecule has 0 aliphatic carbocycles. The average molecular weight is 303 g/mol. The van der Waals surface area contributed by atoms with E-state index in [-0.39, 0.29) is 6.09 Å². The van der Waals surface area contributed by atoms with Gasteiger partial charge < -0.3 is 14.5 Å². The van der Waals surface area contributed by atoms with E-state index in [0.717, 1.165) is 24.4 Å². The van der Waals surface area contributed by atoms with Crippen LogP contribution in [-0.4, -0.2) is 57.4 Å². The number of anilines is 1. The van der Waals surface area contributed by atoms with E-state index in [1.54, 1.807) is 15.6 Å². The highest BCUT2D eigenvalue weighted by Gasteiger charge is 2.26. The molecule has 0 saturated carbocycles. The maximum atomic E-state index is 12.1. The molecule has 1 amide bonds. The molecule has 22 heavy (non-hydrogen) atoms. The Bertz CT molecular complexity index is 668. The normalized spacial score (nSPS) is 16.1. The monoisotopic (exact) mass is 303 g/mol. The minimum absolute atomic E-state index is 0.243. The van der Waals surface area contributed by atoms with Crippen LogP contribution in [0.4, 0.5) is 10.5 Å². The third kappa shape index (κ3) is 3.13. The van der Waals surface area contributed by atoms with Crippen LogP contribution in [-0.2, 0) is 4.74 Å². The zero-order chi connectivity index (χ0) is 15.7. The predicted molar refractivity (Wildman–Crippen MR) is 83.0 cm³/mol. The Balaban J connectivity index is 1.62. The molecular formula is C15H21N5O2. The maximum Gasteiger partial charge on any atom is 0.410 e. The largest absolute Gasteiger partial charge is 0.444 e. The van der Waals surface area contributed by atoms with Gasteiger partial charge in [-0.05, 0) is 20.8 Å². The minimum atomic E-state index is -0.455. The Morgan fingerprint density at radius 3 is 2.64 bits per heavy atom. The number of hydrogen-bond acceptors (Lipinski definition) is 5. The lowest BCUT2D eigenvalue weighted by Crippen LogP contribution is -2.50. The zero-order valence-electron chi connectivity index (χ0n) is 13.2. The zero-order valence-corrected chi connectivity index (χ0v) is 13.2. The first kappa shape index (κ1) is 14.6. The molecule has 1 fully saturated rings. The van der Waals surface area contributed by atoms with Crippen LogP contribution < -0.4 is 4.90 Å². The number of nitrogens with zero attached hydrogens (tertiary/aromatic N) is 5. The summed E-state index contributed by atoms with van der Waals surface area (Å²) < 4.78 is 7.17. The second-order valence-corrected chi connectivity index (χ2v) is 6.40. The van der Waals surface area contributed by atoms with Crippen molar-refractivity contribution < 1.29 is 9.53 Å². The predicted octanol–water partition coefficient (Wildman–Crippen LogP) is 1.79. The molecule has 0 unspecified atom stereocenters. The number of amides is 1. The fourth-order valence-electron chi connectivity index (χ4n) is 2.44. The molecular weight excluding hydrogens is 282 g/mol. The topological polar surface area (TPSA) is 63.0 Å². The van der Waals surface area contributed by atoms with Crippen molar-refractivity contribution in [3.63, 3.8) is 0 Å². The van der Waals surface area contributed by atoms with Crippen molar-refractivity contribution in [3.8, 4) is 0 Å². The van der Waals surface area contributed by atoms with Crippen LogP contribution in [0, 0.1) is 0 Å². The molecule has 7 nitrogen and oxygen atoms in total. The molecule has 2 aromatic rings. The van der Waals surface area contributed by atoms with E-state index in [9.17, 15) is 4.79 Å². The molecule has 3 rings (SSSR count). The molecule has 1 saturated heterocycles. The fraction of sp³-hybridized carbons (Fsp3) is 0.533. The number of hydrogen-bond donors (Lipinski definition) is 0. The lowest BCUT2D eigenvalue weighted by molar-refractivity contribution is 0.0240. The van der Waals surface area contributed by atoms with Crippen LogP contribution >= 0.6 is 0 Å². The van der Waals surface area contributed by atoms with E-state index in [1.165, 1.54) is 0 Å². The number of fused-ring (bicyclic) bond motifs is 1. The van der Waals surface area contributed by atoms with Gasteiger partial charge in [0.15, 0.2) is 5.65 Å². The highest BCUT2D eigenvalue weighted by molar-refractivity contribution is 5.68. The Kier molecular flexibility index (Phi) is 3.64. The van der Waals surface area contributed by atoms with Gasteiger partial charge in [-0.15, -0.1) is 0 Å². The molecule has 0 radical (unpaired) electrons. The average Bonchev–Trinajstić information content (AvgIpc) is 2.93. The molecule has 3 heterocycles. The van der Waals surface area contributed by atoms with E-state index < -0.39 is 5.60 Å². The molecule has 0 atom stereocenters. The van der Waals surface area contributed by atoms with Gasteiger partial charge >= 0.3 is 6.09 Å². The van der Waals surface area contributed by atoms with Crippen LogP contribution in [0.15, 0.2) is 24.7 Å². The molecule has 0 aromatic carbocycles. The summed E-state index contributed by atoms with van der Waals surface area (Å²) in [5, 5.41) is 4.20. The number of ether oxygens (including phenoxy) is 1. The van der Waals surface area contributed by atoms with Gasteiger partial charge in [-0.2, -0.15) is 5.10 Å². The summed E-state index contributed by atoms with van der Waals surface area (Å²) in [4.78, 5) is 20.4. The number of carbonyl (C=O) groups is 1. The van der Waals surface area contributed by atoms with Crippen LogP contribution in [0.5, 0.6) is 0 Å². The van der Waals surface area contributed by atoms with Gasteiger partial charge in [-0.25, -0.2) is 14.3 Å². The lowest BCUT2D eigenvalue weighted by Gasteiger charge is -2.36. The summed E-state index contributed by atoms with van der Waals surface area (Å²) in [5.41, 5.74) is 1.39. The quantitative estimate of drug-likeness (QED) is 0.803. The van der Waals surface area contributed by atoms with Crippen molar-refractivity contribution in [3.05, 3.63) is 24.7 Å². The van der Waals surface area contributed by atoms with Crippen LogP contribution in [0.25, 0.3) is 5.65 Å². The second kappa shape index (κ2) is 5.47. The third-order valence-electron chi connectivity index (χ3n) is 3.53. The molecule has 0 bridgehead atoms. The van der Waals surface area contributed by atoms with Crippen LogP contribution in [0.3, 0.4) is 0 Å². The van der Waals surface area contributed by atoms with Crippen molar-refractivity contribution in [1.82, 2.24) is 19.5 Å². The number of piperazine rings is 1. The number of rotatable bonds is 1. The number of aromatic nitrogens is 3. The van der Waals surface area contributed by atoms with Gasteiger partial charge in [-0.3, -0.25) is 0 Å². The maximum absolute atomic E-state index is 12.1. The SMILES string of the molecule is CC(C)(C)OC(=O)N1CCN(c2cnc3ccnn3c2)CC1. The molecule has 0 N–H and O–H groups in total. The lowest BCUT2D eigenvalue weighted by atomic mass is 10.2. The first-order valence-corrected chi connectivity index (χ1v) is 7.45. The van der Waals surface area contributed by atoms with Gasteiger partial charge in [0.1, 0.15) is 5.60 Å². The van der Waals surface area contributed by atoms with Crippen molar-refractivity contribution >= 4 is 17.4 Å². The molecule has 0 spiro atoms.